The molecule has 0 aliphatic carbocycles. The van der Waals surface area contributed by atoms with E-state index in [1.807, 2.05) is 66.2 Å². The van der Waals surface area contributed by atoms with Crippen molar-refractivity contribution in [3.63, 3.8) is 0 Å². The van der Waals surface area contributed by atoms with Crippen molar-refractivity contribution in [2.45, 2.75) is 64.1 Å². The second-order valence-corrected chi connectivity index (χ2v) is 11.6. The molecule has 230 valence electrons. The number of aromatic nitrogens is 4. The third-order valence-corrected chi connectivity index (χ3v) is 8.59. The SMILES string of the molecule is COc1ccc2[nH]c(C(=O)N3CCCC(=O)N4CCCC[C@H]4C(=O)N[C@H](Cc4ccccc4)c4nc(C)nn4CC3)cc2c1. The van der Waals surface area contributed by atoms with E-state index in [2.05, 4.69) is 15.4 Å². The Kier molecular flexibility index (Phi) is 8.63. The third-order valence-electron chi connectivity index (χ3n) is 8.59. The van der Waals surface area contributed by atoms with E-state index in [4.69, 9.17) is 9.72 Å². The molecule has 11 nitrogen and oxygen atoms in total. The first-order valence-corrected chi connectivity index (χ1v) is 15.4. The number of H-pyrrole nitrogens is 1. The van der Waals surface area contributed by atoms with Crippen molar-refractivity contribution in [2.24, 2.45) is 0 Å². The lowest BCUT2D eigenvalue weighted by Gasteiger charge is -2.36. The van der Waals surface area contributed by atoms with Crippen molar-refractivity contribution in [1.82, 2.24) is 34.9 Å². The Labute approximate surface area is 256 Å². The molecular formula is C33H39N7O4. The van der Waals surface area contributed by atoms with Crippen LogP contribution in [0.2, 0.25) is 0 Å². The summed E-state index contributed by atoms with van der Waals surface area (Å²) in [6.07, 6.45) is 3.65. The van der Waals surface area contributed by atoms with E-state index in [1.54, 1.807) is 16.9 Å². The average Bonchev–Trinajstić information content (AvgIpc) is 3.64. The third kappa shape index (κ3) is 6.31. The van der Waals surface area contributed by atoms with Crippen LogP contribution < -0.4 is 10.1 Å². The minimum atomic E-state index is -0.531. The number of piperidine rings is 1. The van der Waals surface area contributed by atoms with Crippen LogP contribution in [0, 0.1) is 6.92 Å². The van der Waals surface area contributed by atoms with Crippen LogP contribution >= 0.6 is 0 Å². The molecule has 1 saturated heterocycles. The van der Waals surface area contributed by atoms with Crippen LogP contribution in [-0.4, -0.2) is 80.1 Å². The highest BCUT2D eigenvalue weighted by molar-refractivity contribution is 5.98. The molecule has 4 heterocycles. The molecule has 0 radical (unpaired) electrons. The van der Waals surface area contributed by atoms with E-state index in [-0.39, 0.29) is 24.1 Å². The number of methoxy groups -OCH3 is 1. The highest BCUT2D eigenvalue weighted by atomic mass is 16.5. The molecule has 1 fully saturated rings. The maximum Gasteiger partial charge on any atom is 0.270 e. The summed E-state index contributed by atoms with van der Waals surface area (Å²) >= 11 is 0. The number of carbonyl (C=O) groups excluding carboxylic acids is 3. The van der Waals surface area contributed by atoms with Gasteiger partial charge in [-0.1, -0.05) is 30.3 Å². The highest BCUT2D eigenvalue weighted by Crippen LogP contribution is 2.25. The Morgan fingerprint density at radius 1 is 1.00 bits per heavy atom. The number of carbonyl (C=O) groups is 3. The second-order valence-electron chi connectivity index (χ2n) is 11.6. The van der Waals surface area contributed by atoms with Gasteiger partial charge in [-0.3, -0.25) is 14.4 Å². The Morgan fingerprint density at radius 2 is 1.84 bits per heavy atom. The summed E-state index contributed by atoms with van der Waals surface area (Å²) in [6, 6.07) is 16.5. The van der Waals surface area contributed by atoms with Crippen molar-refractivity contribution in [1.29, 1.82) is 0 Å². The lowest BCUT2D eigenvalue weighted by molar-refractivity contribution is -0.142. The highest BCUT2D eigenvalue weighted by Gasteiger charge is 2.34. The maximum atomic E-state index is 13.9. The molecule has 2 aliphatic heterocycles. The fourth-order valence-electron chi connectivity index (χ4n) is 6.34. The fourth-order valence-corrected chi connectivity index (χ4v) is 6.34. The van der Waals surface area contributed by atoms with Crippen molar-refractivity contribution in [2.75, 3.05) is 26.7 Å². The topological polar surface area (TPSA) is 125 Å². The first-order valence-electron chi connectivity index (χ1n) is 15.4. The Morgan fingerprint density at radius 3 is 2.66 bits per heavy atom. The standard InChI is InChI=1S/C33H39N7O4/c1-22-34-31-27(19-23-9-4-3-5-10-23)36-32(42)29-11-6-7-16-39(29)30(41)12-8-15-38(17-18-40(31)37-22)33(43)28-21-24-20-25(44-2)13-14-26(24)35-28/h3-5,9-10,13-14,20-21,27,29,35H,6-8,11-12,15-19H2,1-2H3,(H,36,42)/t27-,29+/m1/s1. The smallest absolute Gasteiger partial charge is 0.270 e. The predicted molar refractivity (Wildman–Crippen MR) is 165 cm³/mol. The molecule has 0 unspecified atom stereocenters. The molecule has 3 amide bonds. The quantitative estimate of drug-likeness (QED) is 0.369. The minimum Gasteiger partial charge on any atom is -0.497 e. The van der Waals surface area contributed by atoms with Gasteiger partial charge in [0.25, 0.3) is 5.91 Å². The zero-order chi connectivity index (χ0) is 30.6. The molecule has 11 heteroatoms. The van der Waals surface area contributed by atoms with E-state index < -0.39 is 12.1 Å². The van der Waals surface area contributed by atoms with Crippen LogP contribution in [0.1, 0.15) is 65.8 Å². The van der Waals surface area contributed by atoms with Gasteiger partial charge in [0.05, 0.1) is 19.7 Å². The molecule has 0 saturated carbocycles. The molecule has 44 heavy (non-hydrogen) atoms. The Hall–Kier alpha value is -4.67. The lowest BCUT2D eigenvalue weighted by Crippen LogP contribution is -2.53. The number of amides is 3. The van der Waals surface area contributed by atoms with Crippen molar-refractivity contribution in [3.8, 4) is 5.75 Å². The summed E-state index contributed by atoms with van der Waals surface area (Å²) in [5, 5.41) is 8.81. The first-order chi connectivity index (χ1) is 21.4. The largest absolute Gasteiger partial charge is 0.497 e. The van der Waals surface area contributed by atoms with E-state index in [0.29, 0.717) is 62.8 Å². The van der Waals surface area contributed by atoms with Gasteiger partial charge in [-0.25, -0.2) is 9.67 Å². The summed E-state index contributed by atoms with van der Waals surface area (Å²) < 4.78 is 7.17. The molecule has 0 spiro atoms. The Bertz CT molecular complexity index is 1650. The van der Waals surface area contributed by atoms with Crippen molar-refractivity contribution < 1.29 is 19.1 Å². The van der Waals surface area contributed by atoms with Crippen LogP contribution in [0.3, 0.4) is 0 Å². The monoisotopic (exact) mass is 597 g/mol. The normalized spacial score (nSPS) is 20.0. The molecule has 6 rings (SSSR count). The zero-order valence-corrected chi connectivity index (χ0v) is 25.3. The zero-order valence-electron chi connectivity index (χ0n) is 25.3. The predicted octanol–water partition coefficient (Wildman–Crippen LogP) is 3.79. The average molecular weight is 598 g/mol. The number of rotatable bonds is 4. The van der Waals surface area contributed by atoms with Gasteiger partial charge in [0.1, 0.15) is 29.1 Å². The number of nitrogens with zero attached hydrogens (tertiary/aromatic N) is 5. The number of aromatic amines is 1. The molecule has 2 aliphatic rings. The van der Waals surface area contributed by atoms with Gasteiger partial charge in [0.15, 0.2) is 0 Å². The van der Waals surface area contributed by atoms with E-state index in [9.17, 15) is 14.4 Å². The summed E-state index contributed by atoms with van der Waals surface area (Å²) in [6.45, 7) is 3.53. The number of nitrogens with one attached hydrogen (secondary N) is 2. The number of hydrogen-bond donors (Lipinski definition) is 2. The van der Waals surface area contributed by atoms with Crippen LogP contribution in [0.5, 0.6) is 5.75 Å². The molecule has 2 atom stereocenters. The summed E-state index contributed by atoms with van der Waals surface area (Å²) in [4.78, 5) is 52.7. The van der Waals surface area contributed by atoms with Crippen LogP contribution in [0.25, 0.3) is 10.9 Å². The lowest BCUT2D eigenvalue weighted by atomic mass is 9.99. The summed E-state index contributed by atoms with van der Waals surface area (Å²) in [5.74, 6) is 1.59. The second kappa shape index (κ2) is 12.9. The number of hydrogen-bond acceptors (Lipinski definition) is 6. The van der Waals surface area contributed by atoms with E-state index >= 15 is 0 Å². The first kappa shape index (κ1) is 29.4. The van der Waals surface area contributed by atoms with Crippen LogP contribution in [0.15, 0.2) is 54.6 Å². The van der Waals surface area contributed by atoms with E-state index in [1.165, 1.54) is 0 Å². The minimum absolute atomic E-state index is 0.0503. The summed E-state index contributed by atoms with van der Waals surface area (Å²) in [5.41, 5.74) is 2.37. The van der Waals surface area contributed by atoms with Gasteiger partial charge in [-0.2, -0.15) is 5.10 Å². The van der Waals surface area contributed by atoms with Gasteiger partial charge in [0, 0.05) is 37.0 Å². The van der Waals surface area contributed by atoms with Gasteiger partial charge in [-0.15, -0.1) is 0 Å². The van der Waals surface area contributed by atoms with Gasteiger partial charge in [0.2, 0.25) is 11.8 Å². The van der Waals surface area contributed by atoms with Crippen molar-refractivity contribution >= 4 is 28.6 Å². The molecule has 2 N–H and O–H groups in total. The van der Waals surface area contributed by atoms with Crippen LogP contribution in [0.4, 0.5) is 0 Å². The van der Waals surface area contributed by atoms with Gasteiger partial charge in [-0.05, 0) is 68.9 Å². The number of aryl methyl sites for hydroxylation is 1. The molecule has 2 aromatic heterocycles. The summed E-state index contributed by atoms with van der Waals surface area (Å²) in [7, 11) is 1.62. The van der Waals surface area contributed by atoms with Gasteiger partial charge >= 0.3 is 0 Å². The Balaban J connectivity index is 1.33. The number of benzene rings is 2. The van der Waals surface area contributed by atoms with Gasteiger partial charge < -0.3 is 24.8 Å². The molecule has 4 aromatic rings. The molecular weight excluding hydrogens is 558 g/mol. The number of ether oxygens (including phenoxy) is 1. The number of fused-ring (bicyclic) bond motifs is 3. The molecule has 0 bridgehead atoms. The van der Waals surface area contributed by atoms with Crippen molar-refractivity contribution in [3.05, 3.63) is 77.5 Å². The van der Waals surface area contributed by atoms with Crippen LogP contribution in [-0.2, 0) is 22.6 Å². The van der Waals surface area contributed by atoms with E-state index in [0.717, 1.165) is 35.1 Å². The molecule has 2 aromatic carbocycles. The maximum absolute atomic E-state index is 13.9. The fraction of sp³-hybridized carbons (Fsp3) is 0.424.